The predicted octanol–water partition coefficient (Wildman–Crippen LogP) is 3.75. The molecule has 2 aromatic carbocycles. The number of hydrogen-bond acceptors (Lipinski definition) is 3. The summed E-state index contributed by atoms with van der Waals surface area (Å²) in [5.41, 5.74) is 4.61. The van der Waals surface area contributed by atoms with Crippen molar-refractivity contribution >= 4 is 5.69 Å². The van der Waals surface area contributed by atoms with E-state index < -0.39 is 0 Å². The van der Waals surface area contributed by atoms with E-state index in [1.54, 1.807) is 14.2 Å². The standard InChI is InChI=1S/C17H21NO2/c1-12-11-13(18(2)3)9-10-14(12)15-7-6-8-16(19-4)17(15)20-5/h6-11H,1-5H3. The number of nitrogens with zero attached hydrogens (tertiary/aromatic N) is 1. The van der Waals surface area contributed by atoms with E-state index in [4.69, 9.17) is 9.47 Å². The molecular formula is C17H21NO2. The molecule has 0 saturated carbocycles. The van der Waals surface area contributed by atoms with E-state index in [2.05, 4.69) is 36.1 Å². The molecule has 0 N–H and O–H groups in total. The van der Waals surface area contributed by atoms with E-state index in [1.807, 2.05) is 26.2 Å². The van der Waals surface area contributed by atoms with Crippen molar-refractivity contribution in [2.75, 3.05) is 33.2 Å². The Labute approximate surface area is 120 Å². The van der Waals surface area contributed by atoms with Gasteiger partial charge in [0.15, 0.2) is 11.5 Å². The number of methoxy groups -OCH3 is 2. The van der Waals surface area contributed by atoms with E-state index in [0.717, 1.165) is 22.6 Å². The molecule has 2 rings (SSSR count). The fraction of sp³-hybridized carbons (Fsp3) is 0.294. The first-order valence-electron chi connectivity index (χ1n) is 6.57. The van der Waals surface area contributed by atoms with Gasteiger partial charge in [-0.05, 0) is 36.2 Å². The molecule has 0 amide bonds. The summed E-state index contributed by atoms with van der Waals surface area (Å²) in [4.78, 5) is 2.10. The second-order valence-electron chi connectivity index (χ2n) is 4.93. The molecule has 0 heterocycles. The quantitative estimate of drug-likeness (QED) is 0.845. The zero-order valence-electron chi connectivity index (χ0n) is 12.7. The molecule has 3 heteroatoms. The average Bonchev–Trinajstić information content (AvgIpc) is 2.46. The Morgan fingerprint density at radius 1 is 0.900 bits per heavy atom. The molecule has 2 aromatic rings. The number of benzene rings is 2. The van der Waals surface area contributed by atoms with Gasteiger partial charge in [0.2, 0.25) is 0 Å². The first kappa shape index (κ1) is 14.3. The SMILES string of the molecule is COc1cccc(-c2ccc(N(C)C)cc2C)c1OC. The maximum Gasteiger partial charge on any atom is 0.168 e. The van der Waals surface area contributed by atoms with Crippen molar-refractivity contribution in [1.29, 1.82) is 0 Å². The van der Waals surface area contributed by atoms with Crippen LogP contribution >= 0.6 is 0 Å². The molecular weight excluding hydrogens is 250 g/mol. The first-order chi connectivity index (χ1) is 9.58. The van der Waals surface area contributed by atoms with E-state index in [1.165, 1.54) is 11.3 Å². The van der Waals surface area contributed by atoms with Crippen LogP contribution < -0.4 is 14.4 Å². The summed E-state index contributed by atoms with van der Waals surface area (Å²) in [5.74, 6) is 1.52. The molecule has 0 atom stereocenters. The third-order valence-corrected chi connectivity index (χ3v) is 3.42. The monoisotopic (exact) mass is 271 g/mol. The molecule has 0 aliphatic heterocycles. The Kier molecular flexibility index (Phi) is 4.18. The molecule has 0 radical (unpaired) electrons. The largest absolute Gasteiger partial charge is 0.493 e. The Hall–Kier alpha value is -2.16. The van der Waals surface area contributed by atoms with Crippen molar-refractivity contribution in [2.24, 2.45) is 0 Å². The van der Waals surface area contributed by atoms with Gasteiger partial charge in [0, 0.05) is 25.3 Å². The van der Waals surface area contributed by atoms with Gasteiger partial charge >= 0.3 is 0 Å². The predicted molar refractivity (Wildman–Crippen MR) is 84.0 cm³/mol. The summed E-state index contributed by atoms with van der Waals surface area (Å²) in [5, 5.41) is 0. The molecule has 0 bridgehead atoms. The molecule has 0 aromatic heterocycles. The molecule has 0 fully saturated rings. The van der Waals surface area contributed by atoms with Crippen LogP contribution in [-0.4, -0.2) is 28.3 Å². The van der Waals surface area contributed by atoms with Crippen molar-refractivity contribution in [3.05, 3.63) is 42.0 Å². The van der Waals surface area contributed by atoms with Gasteiger partial charge in [0.25, 0.3) is 0 Å². The Balaban J connectivity index is 2.57. The molecule has 106 valence electrons. The molecule has 0 aliphatic carbocycles. The van der Waals surface area contributed by atoms with Crippen molar-refractivity contribution < 1.29 is 9.47 Å². The minimum Gasteiger partial charge on any atom is -0.493 e. The van der Waals surface area contributed by atoms with Gasteiger partial charge in [0.05, 0.1) is 14.2 Å². The lowest BCUT2D eigenvalue weighted by atomic mass is 9.98. The lowest BCUT2D eigenvalue weighted by molar-refractivity contribution is 0.356. The van der Waals surface area contributed by atoms with Crippen LogP contribution in [0.1, 0.15) is 5.56 Å². The highest BCUT2D eigenvalue weighted by molar-refractivity contribution is 5.77. The van der Waals surface area contributed by atoms with Crippen LogP contribution in [-0.2, 0) is 0 Å². The van der Waals surface area contributed by atoms with Crippen molar-refractivity contribution in [2.45, 2.75) is 6.92 Å². The summed E-state index contributed by atoms with van der Waals surface area (Å²) in [6.45, 7) is 2.11. The third-order valence-electron chi connectivity index (χ3n) is 3.42. The fourth-order valence-corrected chi connectivity index (χ4v) is 2.33. The fourth-order valence-electron chi connectivity index (χ4n) is 2.33. The third kappa shape index (κ3) is 2.57. The first-order valence-corrected chi connectivity index (χ1v) is 6.57. The lowest BCUT2D eigenvalue weighted by Gasteiger charge is -2.17. The number of hydrogen-bond donors (Lipinski definition) is 0. The maximum absolute atomic E-state index is 5.52. The molecule has 0 spiro atoms. The van der Waals surface area contributed by atoms with E-state index in [-0.39, 0.29) is 0 Å². The van der Waals surface area contributed by atoms with Crippen LogP contribution in [0.4, 0.5) is 5.69 Å². The summed E-state index contributed by atoms with van der Waals surface area (Å²) < 4.78 is 10.9. The zero-order valence-corrected chi connectivity index (χ0v) is 12.7. The normalized spacial score (nSPS) is 10.2. The molecule has 0 aliphatic rings. The van der Waals surface area contributed by atoms with Crippen LogP contribution in [0.2, 0.25) is 0 Å². The van der Waals surface area contributed by atoms with Crippen molar-refractivity contribution in [3.63, 3.8) is 0 Å². The summed E-state index contributed by atoms with van der Waals surface area (Å²) in [6, 6.07) is 12.4. The lowest BCUT2D eigenvalue weighted by Crippen LogP contribution is -2.08. The topological polar surface area (TPSA) is 21.7 Å². The number of anilines is 1. The highest BCUT2D eigenvalue weighted by atomic mass is 16.5. The molecule has 3 nitrogen and oxygen atoms in total. The zero-order chi connectivity index (χ0) is 14.7. The highest BCUT2D eigenvalue weighted by Gasteiger charge is 2.13. The average molecular weight is 271 g/mol. The number of rotatable bonds is 4. The summed E-state index contributed by atoms with van der Waals surface area (Å²) in [6.07, 6.45) is 0. The number of ether oxygens (including phenoxy) is 2. The highest BCUT2D eigenvalue weighted by Crippen LogP contribution is 2.39. The minimum absolute atomic E-state index is 0.751. The van der Waals surface area contributed by atoms with Gasteiger partial charge in [-0.2, -0.15) is 0 Å². The number of para-hydroxylation sites is 1. The van der Waals surface area contributed by atoms with Gasteiger partial charge in [-0.3, -0.25) is 0 Å². The van der Waals surface area contributed by atoms with E-state index in [9.17, 15) is 0 Å². The number of aryl methyl sites for hydroxylation is 1. The Bertz CT molecular complexity index is 606. The Morgan fingerprint density at radius 3 is 2.20 bits per heavy atom. The second-order valence-corrected chi connectivity index (χ2v) is 4.93. The van der Waals surface area contributed by atoms with Crippen LogP contribution in [0.3, 0.4) is 0 Å². The molecule has 0 saturated heterocycles. The van der Waals surface area contributed by atoms with Crippen LogP contribution in [0, 0.1) is 6.92 Å². The van der Waals surface area contributed by atoms with Crippen molar-refractivity contribution in [1.82, 2.24) is 0 Å². The summed E-state index contributed by atoms with van der Waals surface area (Å²) >= 11 is 0. The second kappa shape index (κ2) is 5.87. The Morgan fingerprint density at radius 2 is 1.65 bits per heavy atom. The van der Waals surface area contributed by atoms with E-state index in [0.29, 0.717) is 0 Å². The van der Waals surface area contributed by atoms with Gasteiger partial charge in [-0.25, -0.2) is 0 Å². The smallest absolute Gasteiger partial charge is 0.168 e. The van der Waals surface area contributed by atoms with Gasteiger partial charge < -0.3 is 14.4 Å². The van der Waals surface area contributed by atoms with Crippen LogP contribution in [0.15, 0.2) is 36.4 Å². The van der Waals surface area contributed by atoms with Gasteiger partial charge in [-0.1, -0.05) is 18.2 Å². The van der Waals surface area contributed by atoms with Crippen molar-refractivity contribution in [3.8, 4) is 22.6 Å². The van der Waals surface area contributed by atoms with E-state index >= 15 is 0 Å². The maximum atomic E-state index is 5.52. The van der Waals surface area contributed by atoms with Gasteiger partial charge in [-0.15, -0.1) is 0 Å². The van der Waals surface area contributed by atoms with Gasteiger partial charge in [0.1, 0.15) is 0 Å². The molecule has 20 heavy (non-hydrogen) atoms. The minimum atomic E-state index is 0.751. The summed E-state index contributed by atoms with van der Waals surface area (Å²) in [7, 11) is 7.41. The molecule has 0 unspecified atom stereocenters. The van der Waals surface area contributed by atoms with Crippen LogP contribution in [0.25, 0.3) is 11.1 Å². The van der Waals surface area contributed by atoms with Crippen LogP contribution in [0.5, 0.6) is 11.5 Å².